The molecule has 1 aliphatic rings. The number of amides is 2. The molecule has 1 aliphatic heterocycles. The molecule has 1 heterocycles. The van der Waals surface area contributed by atoms with Crippen LogP contribution in [-0.2, 0) is 14.3 Å². The summed E-state index contributed by atoms with van der Waals surface area (Å²) < 4.78 is 5.32. The van der Waals surface area contributed by atoms with Crippen LogP contribution in [0.15, 0.2) is 24.3 Å². The number of hydrogen-bond acceptors (Lipinski definition) is 4. The van der Waals surface area contributed by atoms with Gasteiger partial charge >= 0.3 is 0 Å². The molecule has 1 fully saturated rings. The van der Waals surface area contributed by atoms with Gasteiger partial charge < -0.3 is 21.1 Å². The van der Waals surface area contributed by atoms with Crippen LogP contribution in [0.5, 0.6) is 0 Å². The summed E-state index contributed by atoms with van der Waals surface area (Å²) in [4.78, 5) is 23.4. The highest BCUT2D eigenvalue weighted by Gasteiger charge is 2.23. The van der Waals surface area contributed by atoms with Crippen LogP contribution in [0.25, 0.3) is 0 Å². The van der Waals surface area contributed by atoms with Gasteiger partial charge in [0.2, 0.25) is 5.91 Å². The molecule has 0 spiro atoms. The van der Waals surface area contributed by atoms with Crippen molar-refractivity contribution in [1.29, 1.82) is 0 Å². The molecule has 1 aromatic carbocycles. The van der Waals surface area contributed by atoms with E-state index in [2.05, 4.69) is 10.6 Å². The molecule has 4 N–H and O–H groups in total. The lowest BCUT2D eigenvalue weighted by Crippen LogP contribution is -2.26. The normalized spacial score (nSPS) is 17.5. The lowest BCUT2D eigenvalue weighted by molar-refractivity contribution is -0.124. The van der Waals surface area contributed by atoms with Crippen molar-refractivity contribution >= 4 is 23.2 Å². The van der Waals surface area contributed by atoms with Crippen LogP contribution in [-0.4, -0.2) is 31.1 Å². The number of benzene rings is 1. The van der Waals surface area contributed by atoms with Gasteiger partial charge in [-0.2, -0.15) is 0 Å². The topological polar surface area (TPSA) is 93.5 Å². The molecule has 1 atom stereocenters. The second-order valence-electron chi connectivity index (χ2n) is 5.01. The van der Waals surface area contributed by atoms with Gasteiger partial charge in [0.1, 0.15) is 6.10 Å². The Morgan fingerprint density at radius 2 is 1.86 bits per heavy atom. The zero-order valence-corrected chi connectivity index (χ0v) is 11.9. The van der Waals surface area contributed by atoms with Crippen LogP contribution in [0.2, 0.25) is 0 Å². The maximum Gasteiger partial charge on any atom is 0.253 e. The average Bonchev–Trinajstić information content (AvgIpc) is 3.01. The summed E-state index contributed by atoms with van der Waals surface area (Å²) in [6.07, 6.45) is 2.42. The van der Waals surface area contributed by atoms with Gasteiger partial charge in [-0.1, -0.05) is 0 Å². The van der Waals surface area contributed by atoms with E-state index in [0.717, 1.165) is 12.8 Å². The average molecular weight is 291 g/mol. The molecule has 1 unspecified atom stereocenters. The summed E-state index contributed by atoms with van der Waals surface area (Å²) in [6, 6.07) is 7.02. The molecule has 114 valence electrons. The molecule has 6 nitrogen and oxygen atoms in total. The molecule has 2 amide bonds. The molecular formula is C15H21N3O3. The Morgan fingerprint density at radius 1 is 1.19 bits per heavy atom. The van der Waals surface area contributed by atoms with E-state index in [4.69, 9.17) is 10.5 Å². The number of carbonyl (C=O) groups excluding carboxylic acids is 2. The molecule has 1 aromatic rings. The second-order valence-corrected chi connectivity index (χ2v) is 5.01. The Balaban J connectivity index is 1.83. The Hall–Kier alpha value is -1.92. The van der Waals surface area contributed by atoms with Gasteiger partial charge in [-0.3, -0.25) is 9.59 Å². The highest BCUT2D eigenvalue weighted by atomic mass is 16.5. The Bertz CT molecular complexity index is 481. The maximum absolute atomic E-state index is 11.9. The van der Waals surface area contributed by atoms with Gasteiger partial charge in [0.25, 0.3) is 5.91 Å². The van der Waals surface area contributed by atoms with E-state index in [0.29, 0.717) is 37.4 Å². The van der Waals surface area contributed by atoms with Crippen LogP contribution in [0.3, 0.4) is 0 Å². The van der Waals surface area contributed by atoms with E-state index in [1.807, 2.05) is 0 Å². The maximum atomic E-state index is 11.9. The summed E-state index contributed by atoms with van der Waals surface area (Å²) in [5, 5.41) is 5.59. The van der Waals surface area contributed by atoms with Gasteiger partial charge in [0, 0.05) is 24.4 Å². The number of carbonyl (C=O) groups is 2. The quantitative estimate of drug-likeness (QED) is 0.740. The predicted molar refractivity (Wildman–Crippen MR) is 81.0 cm³/mol. The third kappa shape index (κ3) is 4.84. The van der Waals surface area contributed by atoms with Crippen LogP contribution in [0.1, 0.15) is 25.7 Å². The number of nitrogens with one attached hydrogen (secondary N) is 2. The van der Waals surface area contributed by atoms with Crippen molar-refractivity contribution in [3.8, 4) is 0 Å². The highest BCUT2D eigenvalue weighted by Crippen LogP contribution is 2.17. The van der Waals surface area contributed by atoms with Crippen LogP contribution < -0.4 is 16.4 Å². The molecule has 6 heteroatoms. The van der Waals surface area contributed by atoms with Crippen molar-refractivity contribution < 1.29 is 14.3 Å². The number of nitrogens with two attached hydrogens (primary N) is 1. The summed E-state index contributed by atoms with van der Waals surface area (Å²) in [5.41, 5.74) is 6.75. The molecular weight excluding hydrogens is 270 g/mol. The number of hydrogen-bond donors (Lipinski definition) is 3. The minimum atomic E-state index is -0.347. The van der Waals surface area contributed by atoms with Crippen molar-refractivity contribution in [1.82, 2.24) is 0 Å². The van der Waals surface area contributed by atoms with E-state index in [1.165, 1.54) is 0 Å². The van der Waals surface area contributed by atoms with Gasteiger partial charge in [0.05, 0.1) is 0 Å². The van der Waals surface area contributed by atoms with E-state index in [9.17, 15) is 9.59 Å². The van der Waals surface area contributed by atoms with Gasteiger partial charge in [-0.15, -0.1) is 0 Å². The summed E-state index contributed by atoms with van der Waals surface area (Å²) in [6.45, 7) is 1.15. The SMILES string of the molecule is NCCCC(=O)Nc1ccc(NC(=O)C2CCCO2)cc1. The molecule has 0 aliphatic carbocycles. The second kappa shape index (κ2) is 7.75. The van der Waals surface area contributed by atoms with Crippen molar-refractivity contribution in [2.45, 2.75) is 31.8 Å². The summed E-state index contributed by atoms with van der Waals surface area (Å²) >= 11 is 0. The van der Waals surface area contributed by atoms with E-state index >= 15 is 0 Å². The van der Waals surface area contributed by atoms with Crippen molar-refractivity contribution in [3.63, 3.8) is 0 Å². The lowest BCUT2D eigenvalue weighted by Gasteiger charge is -2.11. The predicted octanol–water partition coefficient (Wildman–Crippen LogP) is 1.48. The van der Waals surface area contributed by atoms with Gasteiger partial charge in [-0.25, -0.2) is 0 Å². The first-order valence-electron chi connectivity index (χ1n) is 7.21. The molecule has 0 radical (unpaired) electrons. The molecule has 0 saturated carbocycles. The van der Waals surface area contributed by atoms with E-state index in [1.54, 1.807) is 24.3 Å². The highest BCUT2D eigenvalue weighted by molar-refractivity contribution is 5.95. The minimum Gasteiger partial charge on any atom is -0.368 e. The Labute approximate surface area is 124 Å². The largest absolute Gasteiger partial charge is 0.368 e. The van der Waals surface area contributed by atoms with Crippen molar-refractivity contribution in [3.05, 3.63) is 24.3 Å². The number of ether oxygens (including phenoxy) is 1. The smallest absolute Gasteiger partial charge is 0.253 e. The fourth-order valence-corrected chi connectivity index (χ4v) is 2.13. The van der Waals surface area contributed by atoms with Crippen LogP contribution >= 0.6 is 0 Å². The first-order valence-corrected chi connectivity index (χ1v) is 7.21. The van der Waals surface area contributed by atoms with Crippen LogP contribution in [0, 0.1) is 0 Å². The van der Waals surface area contributed by atoms with Crippen molar-refractivity contribution in [2.24, 2.45) is 5.73 Å². The van der Waals surface area contributed by atoms with Crippen molar-refractivity contribution in [2.75, 3.05) is 23.8 Å². The van der Waals surface area contributed by atoms with Gasteiger partial charge in [-0.05, 0) is 50.1 Å². The Kier molecular flexibility index (Phi) is 5.71. The first kappa shape index (κ1) is 15.5. The standard InChI is InChI=1S/C15H21N3O3/c16-9-1-4-14(19)17-11-5-7-12(8-6-11)18-15(20)13-3-2-10-21-13/h5-8,13H,1-4,9-10,16H2,(H,17,19)(H,18,20). The molecule has 21 heavy (non-hydrogen) atoms. The third-order valence-corrected chi connectivity index (χ3v) is 3.27. The Morgan fingerprint density at radius 3 is 2.43 bits per heavy atom. The molecule has 0 bridgehead atoms. The molecule has 1 saturated heterocycles. The monoisotopic (exact) mass is 291 g/mol. The van der Waals surface area contributed by atoms with E-state index < -0.39 is 0 Å². The fraction of sp³-hybridized carbons (Fsp3) is 0.467. The molecule has 0 aromatic heterocycles. The summed E-state index contributed by atoms with van der Waals surface area (Å²) in [7, 11) is 0. The fourth-order valence-electron chi connectivity index (χ4n) is 2.13. The van der Waals surface area contributed by atoms with E-state index in [-0.39, 0.29) is 17.9 Å². The number of rotatable bonds is 6. The number of anilines is 2. The zero-order valence-electron chi connectivity index (χ0n) is 11.9. The lowest BCUT2D eigenvalue weighted by atomic mass is 10.2. The first-order chi connectivity index (χ1) is 10.2. The minimum absolute atomic E-state index is 0.0587. The third-order valence-electron chi connectivity index (χ3n) is 3.27. The molecule has 2 rings (SSSR count). The zero-order chi connectivity index (χ0) is 15.1. The summed E-state index contributed by atoms with van der Waals surface area (Å²) in [5.74, 6) is -0.177. The van der Waals surface area contributed by atoms with Crippen LogP contribution in [0.4, 0.5) is 11.4 Å². The van der Waals surface area contributed by atoms with Gasteiger partial charge in [0.15, 0.2) is 0 Å².